The Morgan fingerprint density at radius 3 is 2.67 bits per heavy atom. The van der Waals surface area contributed by atoms with E-state index in [2.05, 4.69) is 20.4 Å². The first-order valence-electron chi connectivity index (χ1n) is 7.11. The molecular formula is C14H23N3O3S. The van der Waals surface area contributed by atoms with Gasteiger partial charge < -0.3 is 15.4 Å². The molecule has 0 spiro atoms. The lowest BCUT2D eigenvalue weighted by Crippen LogP contribution is -2.35. The lowest BCUT2D eigenvalue weighted by Gasteiger charge is -2.06. The van der Waals surface area contributed by atoms with E-state index in [4.69, 9.17) is 0 Å². The van der Waals surface area contributed by atoms with Crippen LogP contribution in [-0.2, 0) is 16.1 Å². The molecule has 0 unspecified atom stereocenters. The SMILES string of the molecule is COC(=O)CCCCCCNC(=O)NCc1csc(C)n1. The van der Waals surface area contributed by atoms with Gasteiger partial charge in [-0.25, -0.2) is 9.78 Å². The first-order valence-corrected chi connectivity index (χ1v) is 7.99. The van der Waals surface area contributed by atoms with Crippen molar-refractivity contribution >= 4 is 23.3 Å². The van der Waals surface area contributed by atoms with Gasteiger partial charge in [-0.1, -0.05) is 12.8 Å². The van der Waals surface area contributed by atoms with Gasteiger partial charge in [-0.05, 0) is 19.8 Å². The highest BCUT2D eigenvalue weighted by atomic mass is 32.1. The zero-order chi connectivity index (χ0) is 15.5. The number of hydrogen-bond donors (Lipinski definition) is 2. The number of nitrogens with one attached hydrogen (secondary N) is 2. The molecule has 1 aromatic rings. The number of nitrogens with zero attached hydrogens (tertiary/aromatic N) is 1. The normalized spacial score (nSPS) is 10.2. The molecule has 0 aliphatic rings. The van der Waals surface area contributed by atoms with E-state index in [0.717, 1.165) is 36.4 Å². The molecule has 21 heavy (non-hydrogen) atoms. The first kappa shape index (κ1) is 17.4. The molecule has 2 amide bonds. The van der Waals surface area contributed by atoms with Crippen molar-refractivity contribution in [2.75, 3.05) is 13.7 Å². The number of ether oxygens (including phenoxy) is 1. The molecule has 0 aliphatic heterocycles. The summed E-state index contributed by atoms with van der Waals surface area (Å²) in [6, 6.07) is -0.171. The van der Waals surface area contributed by atoms with Crippen molar-refractivity contribution in [1.82, 2.24) is 15.6 Å². The van der Waals surface area contributed by atoms with Gasteiger partial charge in [0.05, 0.1) is 24.4 Å². The minimum absolute atomic E-state index is 0.162. The fourth-order valence-corrected chi connectivity index (χ4v) is 2.39. The Morgan fingerprint density at radius 2 is 2.00 bits per heavy atom. The third-order valence-corrected chi connectivity index (χ3v) is 3.74. The second kappa shape index (κ2) is 10.1. The summed E-state index contributed by atoms with van der Waals surface area (Å²) >= 11 is 1.57. The van der Waals surface area contributed by atoms with Gasteiger partial charge in [0.25, 0.3) is 0 Å². The quantitative estimate of drug-likeness (QED) is 0.542. The van der Waals surface area contributed by atoms with Crippen LogP contribution in [0.1, 0.15) is 42.8 Å². The van der Waals surface area contributed by atoms with Gasteiger partial charge >= 0.3 is 12.0 Å². The molecule has 7 heteroatoms. The van der Waals surface area contributed by atoms with Crippen LogP contribution in [0, 0.1) is 6.92 Å². The highest BCUT2D eigenvalue weighted by Gasteiger charge is 2.03. The summed E-state index contributed by atoms with van der Waals surface area (Å²) in [5.41, 5.74) is 0.885. The Hall–Kier alpha value is -1.63. The summed E-state index contributed by atoms with van der Waals surface area (Å²) < 4.78 is 4.57. The smallest absolute Gasteiger partial charge is 0.315 e. The lowest BCUT2D eigenvalue weighted by atomic mass is 10.1. The van der Waals surface area contributed by atoms with Crippen molar-refractivity contribution in [1.29, 1.82) is 0 Å². The molecule has 0 bridgehead atoms. The predicted octanol–water partition coefficient (Wildman–Crippen LogP) is 2.37. The Balaban J connectivity index is 1.95. The summed E-state index contributed by atoms with van der Waals surface area (Å²) in [6.07, 6.45) is 4.17. The monoisotopic (exact) mass is 313 g/mol. The van der Waals surface area contributed by atoms with Gasteiger partial charge in [0.2, 0.25) is 0 Å². The Labute approximate surface area is 129 Å². The van der Waals surface area contributed by atoms with Crippen LogP contribution in [0.3, 0.4) is 0 Å². The molecule has 6 nitrogen and oxygen atoms in total. The molecule has 1 aromatic heterocycles. The Morgan fingerprint density at radius 1 is 1.24 bits per heavy atom. The van der Waals surface area contributed by atoms with Gasteiger partial charge in [0.15, 0.2) is 0 Å². The van der Waals surface area contributed by atoms with E-state index in [9.17, 15) is 9.59 Å². The maximum atomic E-state index is 11.5. The average Bonchev–Trinajstić information content (AvgIpc) is 2.89. The van der Waals surface area contributed by atoms with Crippen molar-refractivity contribution in [3.05, 3.63) is 16.1 Å². The van der Waals surface area contributed by atoms with E-state index in [1.54, 1.807) is 11.3 Å². The summed E-state index contributed by atoms with van der Waals surface area (Å²) in [7, 11) is 1.40. The molecule has 0 atom stereocenters. The van der Waals surface area contributed by atoms with Crippen LogP contribution in [0.4, 0.5) is 4.79 Å². The number of carbonyl (C=O) groups excluding carboxylic acids is 2. The predicted molar refractivity (Wildman–Crippen MR) is 82.2 cm³/mol. The van der Waals surface area contributed by atoms with E-state index in [1.807, 2.05) is 12.3 Å². The first-order chi connectivity index (χ1) is 10.1. The molecule has 2 N–H and O–H groups in total. The summed E-state index contributed by atoms with van der Waals surface area (Å²) in [5, 5.41) is 8.51. The van der Waals surface area contributed by atoms with Crippen LogP contribution < -0.4 is 10.6 Å². The van der Waals surface area contributed by atoms with Crippen LogP contribution >= 0.6 is 11.3 Å². The Kier molecular flexibility index (Phi) is 8.42. The van der Waals surface area contributed by atoms with Gasteiger partial charge in [-0.15, -0.1) is 11.3 Å². The molecule has 1 rings (SSSR count). The number of esters is 1. The van der Waals surface area contributed by atoms with E-state index in [0.29, 0.717) is 19.5 Å². The third-order valence-electron chi connectivity index (χ3n) is 2.92. The van der Waals surface area contributed by atoms with Crippen molar-refractivity contribution in [2.24, 2.45) is 0 Å². The molecule has 0 fully saturated rings. The van der Waals surface area contributed by atoms with Crippen molar-refractivity contribution in [3.8, 4) is 0 Å². The van der Waals surface area contributed by atoms with Gasteiger partial charge in [-0.3, -0.25) is 4.79 Å². The molecular weight excluding hydrogens is 290 g/mol. The zero-order valence-corrected chi connectivity index (χ0v) is 13.4. The fraction of sp³-hybridized carbons (Fsp3) is 0.643. The summed E-state index contributed by atoms with van der Waals surface area (Å²) in [4.78, 5) is 26.7. The molecule has 1 heterocycles. The number of unbranched alkanes of at least 4 members (excludes halogenated alkanes) is 3. The molecule has 0 aromatic carbocycles. The van der Waals surface area contributed by atoms with Gasteiger partial charge in [0, 0.05) is 18.3 Å². The van der Waals surface area contributed by atoms with Crippen LogP contribution in [-0.4, -0.2) is 30.6 Å². The van der Waals surface area contributed by atoms with Crippen molar-refractivity contribution in [3.63, 3.8) is 0 Å². The number of carbonyl (C=O) groups is 2. The average molecular weight is 313 g/mol. The van der Waals surface area contributed by atoms with Gasteiger partial charge in [-0.2, -0.15) is 0 Å². The van der Waals surface area contributed by atoms with E-state index in [-0.39, 0.29) is 12.0 Å². The maximum Gasteiger partial charge on any atom is 0.315 e. The maximum absolute atomic E-state index is 11.5. The minimum Gasteiger partial charge on any atom is -0.469 e. The second-order valence-electron chi connectivity index (χ2n) is 4.71. The van der Waals surface area contributed by atoms with Crippen molar-refractivity contribution < 1.29 is 14.3 Å². The molecule has 0 aliphatic carbocycles. The number of hydrogen-bond acceptors (Lipinski definition) is 5. The van der Waals surface area contributed by atoms with Crippen molar-refractivity contribution in [2.45, 2.75) is 45.6 Å². The third kappa shape index (κ3) is 8.29. The largest absolute Gasteiger partial charge is 0.469 e. The van der Waals surface area contributed by atoms with Gasteiger partial charge in [0.1, 0.15) is 0 Å². The highest BCUT2D eigenvalue weighted by molar-refractivity contribution is 7.09. The summed E-state index contributed by atoms with van der Waals surface area (Å²) in [5.74, 6) is -0.162. The number of amides is 2. The minimum atomic E-state index is -0.171. The second-order valence-corrected chi connectivity index (χ2v) is 5.77. The molecule has 0 radical (unpaired) electrons. The number of urea groups is 1. The fourth-order valence-electron chi connectivity index (χ4n) is 1.77. The molecule has 118 valence electrons. The number of rotatable bonds is 9. The van der Waals surface area contributed by atoms with Crippen LogP contribution in [0.2, 0.25) is 0 Å². The van der Waals surface area contributed by atoms with E-state index < -0.39 is 0 Å². The van der Waals surface area contributed by atoms with E-state index >= 15 is 0 Å². The number of aromatic nitrogens is 1. The van der Waals surface area contributed by atoms with Crippen LogP contribution in [0.5, 0.6) is 0 Å². The Bertz CT molecular complexity index is 448. The number of aryl methyl sites for hydroxylation is 1. The van der Waals surface area contributed by atoms with Crippen LogP contribution in [0.15, 0.2) is 5.38 Å². The summed E-state index contributed by atoms with van der Waals surface area (Å²) in [6.45, 7) is 3.03. The molecule has 0 saturated heterocycles. The van der Waals surface area contributed by atoms with Crippen LogP contribution in [0.25, 0.3) is 0 Å². The standard InChI is InChI=1S/C14H23N3O3S/c1-11-17-12(10-21-11)9-16-14(19)15-8-6-4-3-5-7-13(18)20-2/h10H,3-9H2,1-2H3,(H2,15,16,19). The highest BCUT2D eigenvalue weighted by Crippen LogP contribution is 2.07. The lowest BCUT2D eigenvalue weighted by molar-refractivity contribution is -0.140. The van der Waals surface area contributed by atoms with E-state index in [1.165, 1.54) is 7.11 Å². The molecule has 0 saturated carbocycles. The number of methoxy groups -OCH3 is 1. The zero-order valence-electron chi connectivity index (χ0n) is 12.6. The number of thiazole rings is 1. The topological polar surface area (TPSA) is 80.3 Å².